The Balaban J connectivity index is 1.52. The van der Waals surface area contributed by atoms with E-state index in [4.69, 9.17) is 0 Å². The smallest absolute Gasteiger partial charge is 0.255 e. The summed E-state index contributed by atoms with van der Waals surface area (Å²) < 4.78 is 0. The molecule has 6 nitrogen and oxygen atoms in total. The van der Waals surface area contributed by atoms with Crippen molar-refractivity contribution in [1.29, 1.82) is 0 Å². The highest BCUT2D eigenvalue weighted by molar-refractivity contribution is 6.04. The van der Waals surface area contributed by atoms with Crippen LogP contribution in [-0.2, 0) is 0 Å². The molecule has 2 heterocycles. The number of amides is 1. The maximum atomic E-state index is 12.4. The van der Waals surface area contributed by atoms with Gasteiger partial charge in [0.2, 0.25) is 5.56 Å². The Morgan fingerprint density at radius 3 is 2.57 bits per heavy atom. The summed E-state index contributed by atoms with van der Waals surface area (Å²) in [6.45, 7) is 1.98. The summed E-state index contributed by atoms with van der Waals surface area (Å²) in [7, 11) is 0. The van der Waals surface area contributed by atoms with Gasteiger partial charge in [-0.25, -0.2) is 4.98 Å². The lowest BCUT2D eigenvalue weighted by Gasteiger charge is -2.10. The second-order valence-electron chi connectivity index (χ2n) is 6.47. The predicted octanol–water partition coefficient (Wildman–Crippen LogP) is 4.23. The maximum absolute atomic E-state index is 12.4. The summed E-state index contributed by atoms with van der Waals surface area (Å²) in [6, 6.07) is 19.9. The lowest BCUT2D eigenvalue weighted by molar-refractivity contribution is 0.102. The minimum absolute atomic E-state index is 0.163. The molecule has 0 aliphatic heterocycles. The van der Waals surface area contributed by atoms with Crippen LogP contribution < -0.4 is 16.2 Å². The number of carbonyl (C=O) groups excluding carboxylic acids is 1. The maximum Gasteiger partial charge on any atom is 0.255 e. The van der Waals surface area contributed by atoms with Crippen LogP contribution >= 0.6 is 0 Å². The van der Waals surface area contributed by atoms with Crippen LogP contribution in [0.1, 0.15) is 15.9 Å². The monoisotopic (exact) mass is 370 g/mol. The molecule has 6 heteroatoms. The number of hydrogen-bond acceptors (Lipinski definition) is 4. The molecule has 2 aromatic carbocycles. The van der Waals surface area contributed by atoms with E-state index in [1.54, 1.807) is 24.4 Å². The van der Waals surface area contributed by atoms with Gasteiger partial charge >= 0.3 is 0 Å². The highest BCUT2D eigenvalue weighted by atomic mass is 16.1. The number of aryl methyl sites for hydroxylation is 1. The SMILES string of the molecule is Cc1cccc(NC(=O)c2ccc(Nc3ccnc4[nH]c(=O)ccc34)cc2)c1. The summed E-state index contributed by atoms with van der Waals surface area (Å²) in [4.78, 5) is 30.8. The number of nitrogens with one attached hydrogen (secondary N) is 3. The van der Waals surface area contributed by atoms with Crippen LogP contribution in [-0.4, -0.2) is 15.9 Å². The number of fused-ring (bicyclic) bond motifs is 1. The average Bonchev–Trinajstić information content (AvgIpc) is 2.68. The van der Waals surface area contributed by atoms with E-state index in [0.717, 1.165) is 28.0 Å². The van der Waals surface area contributed by atoms with Gasteiger partial charge in [0.25, 0.3) is 5.91 Å². The van der Waals surface area contributed by atoms with Crippen LogP contribution in [0.5, 0.6) is 0 Å². The number of carbonyl (C=O) groups is 1. The molecule has 0 atom stereocenters. The van der Waals surface area contributed by atoms with Crippen LogP contribution in [0, 0.1) is 6.92 Å². The Hall–Kier alpha value is -3.93. The van der Waals surface area contributed by atoms with Crippen LogP contribution in [0.15, 0.2) is 77.7 Å². The van der Waals surface area contributed by atoms with Crippen LogP contribution in [0.4, 0.5) is 17.1 Å². The molecule has 1 amide bonds. The molecule has 0 aliphatic carbocycles. The van der Waals surface area contributed by atoms with Crippen LogP contribution in [0.25, 0.3) is 11.0 Å². The number of anilines is 3. The minimum Gasteiger partial charge on any atom is -0.355 e. The topological polar surface area (TPSA) is 86.9 Å². The van der Waals surface area contributed by atoms with Crippen molar-refractivity contribution in [2.24, 2.45) is 0 Å². The molecule has 0 fully saturated rings. The summed E-state index contributed by atoms with van der Waals surface area (Å²) >= 11 is 0. The second kappa shape index (κ2) is 7.36. The highest BCUT2D eigenvalue weighted by Crippen LogP contribution is 2.23. The first-order valence-electron chi connectivity index (χ1n) is 8.82. The first-order valence-corrected chi connectivity index (χ1v) is 8.82. The Morgan fingerprint density at radius 2 is 1.79 bits per heavy atom. The molecule has 0 saturated carbocycles. The molecule has 138 valence electrons. The molecular formula is C22H18N4O2. The number of pyridine rings is 2. The van der Waals surface area contributed by atoms with Crippen molar-refractivity contribution in [2.75, 3.05) is 10.6 Å². The third-order valence-electron chi connectivity index (χ3n) is 4.34. The summed E-state index contributed by atoms with van der Waals surface area (Å²) in [5.41, 5.74) is 4.39. The number of nitrogens with zero attached hydrogens (tertiary/aromatic N) is 1. The van der Waals surface area contributed by atoms with Crippen molar-refractivity contribution < 1.29 is 4.79 Å². The van der Waals surface area contributed by atoms with Gasteiger partial charge in [-0.1, -0.05) is 12.1 Å². The van der Waals surface area contributed by atoms with Gasteiger partial charge in [0.1, 0.15) is 5.65 Å². The Labute approximate surface area is 161 Å². The highest BCUT2D eigenvalue weighted by Gasteiger charge is 2.07. The van der Waals surface area contributed by atoms with Gasteiger partial charge in [-0.15, -0.1) is 0 Å². The van der Waals surface area contributed by atoms with Gasteiger partial charge < -0.3 is 15.6 Å². The lowest BCUT2D eigenvalue weighted by atomic mass is 10.1. The quantitative estimate of drug-likeness (QED) is 0.502. The average molecular weight is 370 g/mol. The van der Waals surface area contributed by atoms with Crippen molar-refractivity contribution in [3.63, 3.8) is 0 Å². The Bertz CT molecular complexity index is 1210. The third kappa shape index (κ3) is 3.76. The van der Waals surface area contributed by atoms with Crippen molar-refractivity contribution in [3.8, 4) is 0 Å². The molecule has 2 aromatic heterocycles. The van der Waals surface area contributed by atoms with E-state index in [2.05, 4.69) is 20.6 Å². The van der Waals surface area contributed by atoms with Gasteiger partial charge in [-0.2, -0.15) is 0 Å². The van der Waals surface area contributed by atoms with Crippen molar-refractivity contribution in [1.82, 2.24) is 9.97 Å². The summed E-state index contributed by atoms with van der Waals surface area (Å²) in [6.07, 6.45) is 1.63. The molecule has 4 aromatic rings. The molecule has 3 N–H and O–H groups in total. The standard InChI is InChI=1S/C22H18N4O2/c1-14-3-2-4-17(13-14)25-22(28)15-5-7-16(8-6-15)24-19-11-12-23-21-18(19)9-10-20(27)26-21/h2-13H,1H3,(H,25,28)(H2,23,24,26,27). The fourth-order valence-electron chi connectivity index (χ4n) is 2.95. The van der Waals surface area contributed by atoms with Crippen LogP contribution in [0.3, 0.4) is 0 Å². The summed E-state index contributed by atoms with van der Waals surface area (Å²) in [5.74, 6) is -0.163. The van der Waals surface area contributed by atoms with E-state index in [9.17, 15) is 9.59 Å². The number of aromatic amines is 1. The molecule has 0 aliphatic rings. The van der Waals surface area contributed by atoms with Crippen molar-refractivity contribution >= 4 is 34.0 Å². The van der Waals surface area contributed by atoms with Crippen molar-refractivity contribution in [3.05, 3.63) is 94.4 Å². The molecule has 0 bridgehead atoms. The van der Waals surface area contributed by atoms with Gasteiger partial charge in [-0.3, -0.25) is 9.59 Å². The van der Waals surface area contributed by atoms with Crippen LogP contribution in [0.2, 0.25) is 0 Å². The fourth-order valence-corrected chi connectivity index (χ4v) is 2.95. The van der Waals surface area contributed by atoms with E-state index in [-0.39, 0.29) is 11.5 Å². The molecule has 0 radical (unpaired) electrons. The first kappa shape index (κ1) is 17.5. The molecule has 0 saturated heterocycles. The zero-order valence-electron chi connectivity index (χ0n) is 15.2. The fraction of sp³-hybridized carbons (Fsp3) is 0.0455. The number of aromatic nitrogens is 2. The predicted molar refractivity (Wildman–Crippen MR) is 111 cm³/mol. The Kier molecular flexibility index (Phi) is 4.60. The van der Waals surface area contributed by atoms with Crippen molar-refractivity contribution in [2.45, 2.75) is 6.92 Å². The normalized spacial score (nSPS) is 10.6. The van der Waals surface area contributed by atoms with Gasteiger partial charge in [0.05, 0.1) is 5.69 Å². The Morgan fingerprint density at radius 1 is 0.964 bits per heavy atom. The lowest BCUT2D eigenvalue weighted by Crippen LogP contribution is -2.11. The second-order valence-corrected chi connectivity index (χ2v) is 6.47. The molecule has 0 unspecified atom stereocenters. The summed E-state index contributed by atoms with van der Waals surface area (Å²) in [5, 5.41) is 7.00. The van der Waals surface area contributed by atoms with E-state index < -0.39 is 0 Å². The minimum atomic E-state index is -0.193. The molecular weight excluding hydrogens is 352 g/mol. The van der Waals surface area contributed by atoms with Gasteiger partial charge in [0.15, 0.2) is 0 Å². The van der Waals surface area contributed by atoms with E-state index in [1.165, 1.54) is 6.07 Å². The van der Waals surface area contributed by atoms with Gasteiger partial charge in [0, 0.05) is 34.6 Å². The molecule has 0 spiro atoms. The van der Waals surface area contributed by atoms with E-state index in [0.29, 0.717) is 11.2 Å². The first-order chi connectivity index (χ1) is 13.6. The molecule has 4 rings (SSSR count). The molecule has 28 heavy (non-hydrogen) atoms. The zero-order chi connectivity index (χ0) is 19.5. The number of benzene rings is 2. The third-order valence-corrected chi connectivity index (χ3v) is 4.34. The largest absolute Gasteiger partial charge is 0.355 e. The van der Waals surface area contributed by atoms with E-state index in [1.807, 2.05) is 49.4 Å². The number of rotatable bonds is 4. The number of H-pyrrole nitrogens is 1. The number of hydrogen-bond donors (Lipinski definition) is 3. The van der Waals surface area contributed by atoms with E-state index >= 15 is 0 Å². The van der Waals surface area contributed by atoms with Gasteiger partial charge in [-0.05, 0) is 61.0 Å². The zero-order valence-corrected chi connectivity index (χ0v) is 15.2.